The highest BCUT2D eigenvalue weighted by molar-refractivity contribution is 5.85. The van der Waals surface area contributed by atoms with Gasteiger partial charge in [0.05, 0.1) is 0 Å². The minimum atomic E-state index is -0.945. The lowest BCUT2D eigenvalue weighted by Crippen LogP contribution is -2.49. The van der Waals surface area contributed by atoms with Crippen LogP contribution in [-0.4, -0.2) is 35.6 Å². The van der Waals surface area contributed by atoms with Crippen LogP contribution in [0.15, 0.2) is 0 Å². The fraction of sp³-hybridized carbons (Fsp3) is 0.846. The zero-order valence-electron chi connectivity index (χ0n) is 11.4. The van der Waals surface area contributed by atoms with Crippen LogP contribution in [0.3, 0.4) is 0 Å². The van der Waals surface area contributed by atoms with Gasteiger partial charge < -0.3 is 15.7 Å². The lowest BCUT2D eigenvalue weighted by atomic mass is 9.91. The Bertz CT molecular complexity index is 307. The molecule has 18 heavy (non-hydrogen) atoms. The monoisotopic (exact) mass is 256 g/mol. The van der Waals surface area contributed by atoms with Crippen molar-refractivity contribution < 1.29 is 14.7 Å². The Kier molecular flexibility index (Phi) is 5.59. The molecule has 4 atom stereocenters. The van der Waals surface area contributed by atoms with Crippen molar-refractivity contribution in [2.45, 2.75) is 52.1 Å². The zero-order valence-corrected chi connectivity index (χ0v) is 11.4. The maximum absolute atomic E-state index is 12.1. The van der Waals surface area contributed by atoms with Crippen LogP contribution in [0.1, 0.15) is 40.0 Å². The van der Waals surface area contributed by atoms with E-state index in [1.807, 2.05) is 20.8 Å². The summed E-state index contributed by atoms with van der Waals surface area (Å²) in [5, 5.41) is 15.1. The summed E-state index contributed by atoms with van der Waals surface area (Å²) in [6.07, 6.45) is 2.29. The van der Waals surface area contributed by atoms with E-state index in [0.29, 0.717) is 6.04 Å². The summed E-state index contributed by atoms with van der Waals surface area (Å²) < 4.78 is 0. The van der Waals surface area contributed by atoms with E-state index >= 15 is 0 Å². The van der Waals surface area contributed by atoms with E-state index in [1.54, 1.807) is 0 Å². The number of amides is 1. The number of hydrogen-bond donors (Lipinski definition) is 3. The van der Waals surface area contributed by atoms with Gasteiger partial charge in [-0.25, -0.2) is 4.79 Å². The largest absolute Gasteiger partial charge is 0.480 e. The van der Waals surface area contributed by atoms with Crippen molar-refractivity contribution in [1.29, 1.82) is 0 Å². The lowest BCUT2D eigenvalue weighted by Gasteiger charge is -2.29. The van der Waals surface area contributed by atoms with Crippen LogP contribution < -0.4 is 10.6 Å². The molecule has 0 radical (unpaired) electrons. The van der Waals surface area contributed by atoms with Gasteiger partial charge in [-0.15, -0.1) is 0 Å². The van der Waals surface area contributed by atoms with Gasteiger partial charge in [-0.05, 0) is 32.2 Å². The van der Waals surface area contributed by atoms with E-state index < -0.39 is 12.0 Å². The first kappa shape index (κ1) is 15.0. The minimum Gasteiger partial charge on any atom is -0.480 e. The van der Waals surface area contributed by atoms with Crippen LogP contribution in [0, 0.1) is 11.8 Å². The molecule has 1 fully saturated rings. The fourth-order valence-corrected chi connectivity index (χ4v) is 2.32. The first-order chi connectivity index (χ1) is 8.45. The van der Waals surface area contributed by atoms with Crippen LogP contribution in [0.4, 0.5) is 0 Å². The average Bonchev–Trinajstić information content (AvgIpc) is 2.34. The van der Waals surface area contributed by atoms with Crippen molar-refractivity contribution in [1.82, 2.24) is 10.6 Å². The number of hydrogen-bond acceptors (Lipinski definition) is 3. The molecule has 5 heteroatoms. The summed E-state index contributed by atoms with van der Waals surface area (Å²) >= 11 is 0. The smallest absolute Gasteiger partial charge is 0.326 e. The maximum Gasteiger partial charge on any atom is 0.326 e. The molecule has 5 nitrogen and oxygen atoms in total. The molecule has 104 valence electrons. The summed E-state index contributed by atoms with van der Waals surface area (Å²) in [7, 11) is 0. The van der Waals surface area contributed by atoms with E-state index in [1.165, 1.54) is 0 Å². The molecule has 2 unspecified atom stereocenters. The molecule has 0 aromatic rings. The van der Waals surface area contributed by atoms with Crippen LogP contribution >= 0.6 is 0 Å². The van der Waals surface area contributed by atoms with Gasteiger partial charge >= 0.3 is 5.97 Å². The van der Waals surface area contributed by atoms with Crippen LogP contribution in [-0.2, 0) is 9.59 Å². The van der Waals surface area contributed by atoms with E-state index in [4.69, 9.17) is 5.11 Å². The molecule has 1 aliphatic heterocycles. The van der Waals surface area contributed by atoms with E-state index in [9.17, 15) is 9.59 Å². The number of carboxylic acid groups (broad SMARTS) is 1. The van der Waals surface area contributed by atoms with Gasteiger partial charge in [0.2, 0.25) is 5.91 Å². The predicted molar refractivity (Wildman–Crippen MR) is 69.2 cm³/mol. The summed E-state index contributed by atoms with van der Waals surface area (Å²) in [4.78, 5) is 23.2. The summed E-state index contributed by atoms with van der Waals surface area (Å²) in [5.41, 5.74) is 0. The van der Waals surface area contributed by atoms with Gasteiger partial charge in [0, 0.05) is 12.0 Å². The molecule has 1 aliphatic rings. The van der Waals surface area contributed by atoms with E-state index in [2.05, 4.69) is 10.6 Å². The second-order valence-corrected chi connectivity index (χ2v) is 5.29. The summed E-state index contributed by atoms with van der Waals surface area (Å²) in [6, 6.07) is -0.450. The van der Waals surface area contributed by atoms with Crippen molar-refractivity contribution in [2.24, 2.45) is 11.8 Å². The maximum atomic E-state index is 12.1. The molecule has 0 aromatic heterocycles. The SMILES string of the molecule is CC[C@H](C)[C@H](NC(=O)C1CCNC(C)C1)C(=O)O. The number of carbonyl (C=O) groups excluding carboxylic acids is 1. The predicted octanol–water partition coefficient (Wildman–Crippen LogP) is 0.990. The molecule has 0 saturated carbocycles. The summed E-state index contributed by atoms with van der Waals surface area (Å²) in [5.74, 6) is -1.17. The second kappa shape index (κ2) is 6.73. The lowest BCUT2D eigenvalue weighted by molar-refractivity contribution is -0.144. The molecule has 0 aliphatic carbocycles. The molecule has 0 aromatic carbocycles. The van der Waals surface area contributed by atoms with Crippen molar-refractivity contribution in [3.05, 3.63) is 0 Å². The van der Waals surface area contributed by atoms with Gasteiger partial charge in [-0.2, -0.15) is 0 Å². The Labute approximate surface area is 108 Å². The number of nitrogens with one attached hydrogen (secondary N) is 2. The number of carbonyl (C=O) groups is 2. The van der Waals surface area contributed by atoms with Crippen molar-refractivity contribution in [2.75, 3.05) is 6.54 Å². The molecule has 1 heterocycles. The van der Waals surface area contributed by atoms with Crippen LogP contribution in [0.5, 0.6) is 0 Å². The molecule has 0 spiro atoms. The molecule has 0 bridgehead atoms. The Morgan fingerprint density at radius 1 is 1.50 bits per heavy atom. The Balaban J connectivity index is 2.58. The Morgan fingerprint density at radius 3 is 2.67 bits per heavy atom. The first-order valence-electron chi connectivity index (χ1n) is 6.72. The highest BCUT2D eigenvalue weighted by atomic mass is 16.4. The van der Waals surface area contributed by atoms with Gasteiger partial charge in [0.1, 0.15) is 6.04 Å². The van der Waals surface area contributed by atoms with Crippen molar-refractivity contribution in [3.8, 4) is 0 Å². The molecule has 1 saturated heterocycles. The van der Waals surface area contributed by atoms with Gasteiger partial charge in [-0.3, -0.25) is 4.79 Å². The standard InChI is InChI=1S/C13H24N2O3/c1-4-8(2)11(13(17)18)15-12(16)10-5-6-14-9(3)7-10/h8-11,14H,4-7H2,1-3H3,(H,15,16)(H,17,18)/t8-,9?,10?,11-/m0/s1. The number of rotatable bonds is 5. The van der Waals surface area contributed by atoms with E-state index in [0.717, 1.165) is 25.8 Å². The second-order valence-electron chi connectivity index (χ2n) is 5.29. The normalized spacial score (nSPS) is 27.3. The topological polar surface area (TPSA) is 78.4 Å². The third kappa shape index (κ3) is 3.98. The zero-order chi connectivity index (χ0) is 13.7. The van der Waals surface area contributed by atoms with Crippen molar-refractivity contribution in [3.63, 3.8) is 0 Å². The quantitative estimate of drug-likeness (QED) is 0.685. The van der Waals surface area contributed by atoms with E-state index in [-0.39, 0.29) is 17.7 Å². The van der Waals surface area contributed by atoms with Gasteiger partial charge in [0.15, 0.2) is 0 Å². The third-order valence-corrected chi connectivity index (χ3v) is 3.77. The van der Waals surface area contributed by atoms with Gasteiger partial charge in [-0.1, -0.05) is 20.3 Å². The van der Waals surface area contributed by atoms with Crippen LogP contribution in [0.25, 0.3) is 0 Å². The van der Waals surface area contributed by atoms with Gasteiger partial charge in [0.25, 0.3) is 0 Å². The molecule has 1 amide bonds. The fourth-order valence-electron chi connectivity index (χ4n) is 2.32. The highest BCUT2D eigenvalue weighted by Gasteiger charge is 2.30. The first-order valence-corrected chi connectivity index (χ1v) is 6.72. The average molecular weight is 256 g/mol. The number of piperidine rings is 1. The molecular formula is C13H24N2O3. The molecular weight excluding hydrogens is 232 g/mol. The highest BCUT2D eigenvalue weighted by Crippen LogP contribution is 2.17. The Hall–Kier alpha value is -1.10. The minimum absolute atomic E-state index is 0.0504. The molecule has 1 rings (SSSR count). The Morgan fingerprint density at radius 2 is 2.17 bits per heavy atom. The third-order valence-electron chi connectivity index (χ3n) is 3.77. The van der Waals surface area contributed by atoms with Crippen molar-refractivity contribution >= 4 is 11.9 Å². The number of carboxylic acids is 1. The molecule has 3 N–H and O–H groups in total. The van der Waals surface area contributed by atoms with Crippen LogP contribution in [0.2, 0.25) is 0 Å². The number of aliphatic carboxylic acids is 1. The summed E-state index contributed by atoms with van der Waals surface area (Å²) in [6.45, 7) is 6.65.